The SMILES string of the molecule is C[C@H]1CN([C@@H](C)CO)C(=O)c2cc(C#Cc3ccccc3F)cnc2O[C@H]1CN(C)C(=O)c1ccc2c(c1)OCO2. The average molecular weight is 560 g/mol. The molecule has 10 heteroatoms. The van der Waals surface area contributed by atoms with Gasteiger partial charge < -0.3 is 29.1 Å². The molecule has 3 aromatic rings. The molecular formula is C31H30FN3O6. The van der Waals surface area contributed by atoms with Gasteiger partial charge in [-0.1, -0.05) is 30.9 Å². The highest BCUT2D eigenvalue weighted by Crippen LogP contribution is 2.33. The van der Waals surface area contributed by atoms with Crippen LogP contribution in [0.2, 0.25) is 0 Å². The van der Waals surface area contributed by atoms with Crippen molar-refractivity contribution in [3.05, 3.63) is 82.8 Å². The predicted molar refractivity (Wildman–Crippen MR) is 147 cm³/mol. The molecule has 9 nitrogen and oxygen atoms in total. The summed E-state index contributed by atoms with van der Waals surface area (Å²) in [5, 5.41) is 9.90. The first-order chi connectivity index (χ1) is 19.7. The van der Waals surface area contributed by atoms with Crippen molar-refractivity contribution in [2.75, 3.05) is 33.5 Å². The van der Waals surface area contributed by atoms with E-state index in [0.29, 0.717) is 22.6 Å². The minimum Gasteiger partial charge on any atom is -0.472 e. The van der Waals surface area contributed by atoms with Crippen LogP contribution in [0.4, 0.5) is 4.39 Å². The Kier molecular flexibility index (Phi) is 8.08. The van der Waals surface area contributed by atoms with Crippen molar-refractivity contribution in [1.82, 2.24) is 14.8 Å². The summed E-state index contributed by atoms with van der Waals surface area (Å²) in [5.74, 6) is 5.59. The van der Waals surface area contributed by atoms with E-state index in [1.165, 1.54) is 12.3 Å². The summed E-state index contributed by atoms with van der Waals surface area (Å²) in [5.41, 5.74) is 1.24. The number of aliphatic hydroxyl groups is 1. The van der Waals surface area contributed by atoms with E-state index in [0.717, 1.165) is 0 Å². The van der Waals surface area contributed by atoms with Gasteiger partial charge in [-0.2, -0.15) is 0 Å². The summed E-state index contributed by atoms with van der Waals surface area (Å²) < 4.78 is 31.1. The Morgan fingerprint density at radius 2 is 1.98 bits per heavy atom. The molecule has 2 aliphatic heterocycles. The van der Waals surface area contributed by atoms with E-state index in [1.807, 2.05) is 6.92 Å². The molecule has 3 heterocycles. The number of benzene rings is 2. The van der Waals surface area contributed by atoms with Gasteiger partial charge in [0.05, 0.1) is 24.8 Å². The molecule has 3 atom stereocenters. The van der Waals surface area contributed by atoms with Gasteiger partial charge in [0.25, 0.3) is 11.8 Å². The molecule has 0 saturated heterocycles. The lowest BCUT2D eigenvalue weighted by atomic mass is 9.99. The highest BCUT2D eigenvalue weighted by Gasteiger charge is 2.35. The Bertz CT molecular complexity index is 1530. The van der Waals surface area contributed by atoms with Crippen LogP contribution in [0.25, 0.3) is 0 Å². The summed E-state index contributed by atoms with van der Waals surface area (Å²) in [7, 11) is 1.68. The minimum atomic E-state index is -0.527. The van der Waals surface area contributed by atoms with Crippen molar-refractivity contribution in [1.29, 1.82) is 0 Å². The Balaban J connectivity index is 1.43. The first-order valence-electron chi connectivity index (χ1n) is 13.2. The van der Waals surface area contributed by atoms with Crippen LogP contribution in [0.3, 0.4) is 0 Å². The number of likely N-dealkylation sites (N-methyl/N-ethyl adjacent to an activating group) is 1. The standard InChI is InChI=1S/C31H30FN3O6/c1-19-15-35(20(2)17-36)31(38)24-12-21(8-9-22-6-4-5-7-25(22)32)14-33-29(24)41-28(19)16-34(3)30(37)23-10-11-26-27(13-23)40-18-39-26/h4-7,10-14,19-20,28,36H,15-18H2,1-3H3/t19-,20-,28-/m0/s1. The van der Waals surface area contributed by atoms with Gasteiger partial charge in [-0.15, -0.1) is 0 Å². The maximum atomic E-state index is 14.1. The second-order valence-corrected chi connectivity index (χ2v) is 10.2. The third kappa shape index (κ3) is 5.95. The zero-order valence-corrected chi connectivity index (χ0v) is 23.0. The molecule has 1 aromatic heterocycles. The van der Waals surface area contributed by atoms with Crippen LogP contribution in [0.5, 0.6) is 17.4 Å². The second kappa shape index (κ2) is 11.9. The number of amides is 2. The van der Waals surface area contributed by atoms with Gasteiger partial charge >= 0.3 is 0 Å². The van der Waals surface area contributed by atoms with Crippen molar-refractivity contribution in [2.24, 2.45) is 5.92 Å². The van der Waals surface area contributed by atoms with E-state index in [-0.39, 0.29) is 61.2 Å². The van der Waals surface area contributed by atoms with Gasteiger partial charge in [0.15, 0.2) is 11.5 Å². The van der Waals surface area contributed by atoms with Crippen LogP contribution in [-0.4, -0.2) is 77.4 Å². The molecule has 0 radical (unpaired) electrons. The Morgan fingerprint density at radius 3 is 2.76 bits per heavy atom. The number of aromatic nitrogens is 1. The molecule has 0 bridgehead atoms. The number of aliphatic hydroxyl groups excluding tert-OH is 1. The van der Waals surface area contributed by atoms with Crippen molar-refractivity contribution in [2.45, 2.75) is 26.0 Å². The molecule has 0 unspecified atom stereocenters. The van der Waals surface area contributed by atoms with Crippen molar-refractivity contribution in [3.63, 3.8) is 0 Å². The van der Waals surface area contributed by atoms with E-state index in [2.05, 4.69) is 16.8 Å². The molecule has 0 fully saturated rings. The molecule has 0 aliphatic carbocycles. The maximum Gasteiger partial charge on any atom is 0.259 e. The number of ether oxygens (including phenoxy) is 3. The highest BCUT2D eigenvalue weighted by molar-refractivity contribution is 5.97. The normalized spacial score (nSPS) is 18.3. The minimum absolute atomic E-state index is 0.0991. The van der Waals surface area contributed by atoms with E-state index >= 15 is 0 Å². The lowest BCUT2D eigenvalue weighted by Gasteiger charge is -2.37. The molecular weight excluding hydrogens is 529 g/mol. The van der Waals surface area contributed by atoms with Gasteiger partial charge in [0.1, 0.15) is 17.5 Å². The van der Waals surface area contributed by atoms with E-state index in [9.17, 15) is 19.1 Å². The third-order valence-corrected chi connectivity index (χ3v) is 7.16. The fourth-order valence-corrected chi connectivity index (χ4v) is 4.69. The summed E-state index contributed by atoms with van der Waals surface area (Å²) in [6.45, 7) is 4.05. The van der Waals surface area contributed by atoms with Crippen LogP contribution in [-0.2, 0) is 0 Å². The number of rotatable bonds is 5. The van der Waals surface area contributed by atoms with E-state index in [4.69, 9.17) is 14.2 Å². The predicted octanol–water partition coefficient (Wildman–Crippen LogP) is 3.34. The highest BCUT2D eigenvalue weighted by atomic mass is 19.1. The molecule has 41 heavy (non-hydrogen) atoms. The number of nitrogens with zero attached hydrogens (tertiary/aromatic N) is 3. The number of halogens is 1. The molecule has 2 aromatic carbocycles. The fraction of sp³-hybridized carbons (Fsp3) is 0.323. The number of fused-ring (bicyclic) bond motifs is 2. The lowest BCUT2D eigenvalue weighted by molar-refractivity contribution is 0.0313. The van der Waals surface area contributed by atoms with Gasteiger partial charge in [-0.25, -0.2) is 9.37 Å². The number of pyridine rings is 1. The topological polar surface area (TPSA) is 101 Å². The molecule has 0 saturated carbocycles. The first kappa shape index (κ1) is 27.9. The van der Waals surface area contributed by atoms with Crippen molar-refractivity contribution < 1.29 is 33.3 Å². The zero-order valence-electron chi connectivity index (χ0n) is 23.0. The van der Waals surface area contributed by atoms with E-state index in [1.54, 1.807) is 66.2 Å². The van der Waals surface area contributed by atoms with Gasteiger partial charge in [-0.3, -0.25) is 9.59 Å². The average Bonchev–Trinajstić information content (AvgIpc) is 3.46. The van der Waals surface area contributed by atoms with Gasteiger partial charge in [0.2, 0.25) is 12.7 Å². The summed E-state index contributed by atoms with van der Waals surface area (Å²) in [6.07, 6.45) is 0.936. The zero-order chi connectivity index (χ0) is 29.1. The third-order valence-electron chi connectivity index (χ3n) is 7.16. The van der Waals surface area contributed by atoms with Gasteiger partial charge in [0, 0.05) is 36.8 Å². The Labute approximate surface area is 237 Å². The van der Waals surface area contributed by atoms with Crippen molar-refractivity contribution in [3.8, 4) is 29.2 Å². The molecule has 1 N–H and O–H groups in total. The molecule has 212 valence electrons. The fourth-order valence-electron chi connectivity index (χ4n) is 4.69. The molecule has 2 amide bonds. The first-order valence-corrected chi connectivity index (χ1v) is 13.2. The molecule has 2 aliphatic rings. The Hall–Kier alpha value is -4.62. The number of hydrogen-bond acceptors (Lipinski definition) is 7. The van der Waals surface area contributed by atoms with Crippen LogP contribution in [0, 0.1) is 23.6 Å². The Morgan fingerprint density at radius 1 is 1.20 bits per heavy atom. The number of carbonyl (C=O) groups excluding carboxylic acids is 2. The van der Waals surface area contributed by atoms with Crippen molar-refractivity contribution >= 4 is 11.8 Å². The van der Waals surface area contributed by atoms with Gasteiger partial charge in [-0.05, 0) is 43.3 Å². The maximum absolute atomic E-state index is 14.1. The summed E-state index contributed by atoms with van der Waals surface area (Å²) in [6, 6.07) is 12.3. The number of hydrogen-bond donors (Lipinski definition) is 1. The lowest BCUT2D eigenvalue weighted by Crippen LogP contribution is -2.50. The quantitative estimate of drug-likeness (QED) is 0.479. The number of carbonyl (C=O) groups is 2. The largest absolute Gasteiger partial charge is 0.472 e. The monoisotopic (exact) mass is 559 g/mol. The molecule has 5 rings (SSSR count). The van der Waals surface area contributed by atoms with Crippen LogP contribution in [0.15, 0.2) is 54.7 Å². The summed E-state index contributed by atoms with van der Waals surface area (Å²) in [4.78, 5) is 34.4. The van der Waals surface area contributed by atoms with E-state index < -0.39 is 18.0 Å². The van der Waals surface area contributed by atoms with Crippen LogP contribution < -0.4 is 14.2 Å². The van der Waals surface area contributed by atoms with Crippen LogP contribution in [0.1, 0.15) is 45.7 Å². The molecule has 0 spiro atoms. The smallest absolute Gasteiger partial charge is 0.259 e. The summed E-state index contributed by atoms with van der Waals surface area (Å²) >= 11 is 0. The van der Waals surface area contributed by atoms with Crippen LogP contribution >= 0.6 is 0 Å². The second-order valence-electron chi connectivity index (χ2n) is 10.2.